The van der Waals surface area contributed by atoms with E-state index in [0.717, 1.165) is 16.7 Å². The lowest BCUT2D eigenvalue weighted by Crippen LogP contribution is -2.11. The molecule has 1 aliphatic rings. The fourth-order valence-electron chi connectivity index (χ4n) is 1.83. The lowest BCUT2D eigenvalue weighted by Gasteiger charge is -2.15. The van der Waals surface area contributed by atoms with Gasteiger partial charge in [0.25, 0.3) is 0 Å². The molecule has 1 aliphatic heterocycles. The number of hydrogen-bond donors (Lipinski definition) is 0. The number of nitrogens with zero attached hydrogens (tertiary/aromatic N) is 1. The molecule has 1 aromatic carbocycles. The fraction of sp³-hybridized carbons (Fsp3) is 0.333. The minimum Gasteiger partial charge on any atom is -0.338 e. The van der Waals surface area contributed by atoms with Gasteiger partial charge < -0.3 is 4.90 Å². The summed E-state index contributed by atoms with van der Waals surface area (Å²) in [4.78, 5) is 2.11. The number of rotatable bonds is 0. The van der Waals surface area contributed by atoms with Crippen molar-refractivity contribution >= 4 is 17.4 Å². The Morgan fingerprint density at radius 3 is 2.41 bits per heavy atom. The molecule has 0 radical (unpaired) electrons. The van der Waals surface area contributed by atoms with Crippen LogP contribution in [0.3, 0.4) is 0 Å². The zero-order valence-corrected chi connectivity index (χ0v) is 10.5. The predicted octanol–water partition coefficient (Wildman–Crippen LogP) is 4.50. The average molecular weight is 259 g/mol. The number of thioether (sulfide) groups is 1. The molecule has 0 amide bonds. The number of hydrogen-bond acceptors (Lipinski definition) is 2. The second-order valence-electron chi connectivity index (χ2n) is 4.12. The maximum absolute atomic E-state index is 12.9. The number of anilines is 1. The van der Waals surface area contributed by atoms with Crippen LogP contribution in [0.25, 0.3) is 0 Å². The SMILES string of the molecule is CC(C)=C1Sc2c(cccc2C(F)(F)F)N1C. The first kappa shape index (κ1) is 12.4. The molecule has 0 spiro atoms. The quantitative estimate of drug-likeness (QED) is 0.675. The van der Waals surface area contributed by atoms with E-state index in [0.29, 0.717) is 10.6 Å². The van der Waals surface area contributed by atoms with Crippen LogP contribution >= 0.6 is 11.8 Å². The molecule has 0 atom stereocenters. The first-order valence-corrected chi connectivity index (χ1v) is 5.93. The minimum atomic E-state index is -4.30. The van der Waals surface area contributed by atoms with Gasteiger partial charge >= 0.3 is 6.18 Å². The van der Waals surface area contributed by atoms with Crippen molar-refractivity contribution in [1.29, 1.82) is 0 Å². The second-order valence-corrected chi connectivity index (χ2v) is 5.12. The molecule has 92 valence electrons. The van der Waals surface area contributed by atoms with Gasteiger partial charge in [-0.15, -0.1) is 0 Å². The van der Waals surface area contributed by atoms with Gasteiger partial charge in [-0.3, -0.25) is 0 Å². The number of halogens is 3. The van der Waals surface area contributed by atoms with Gasteiger partial charge in [-0.1, -0.05) is 17.8 Å². The molecule has 1 nitrogen and oxygen atoms in total. The monoisotopic (exact) mass is 259 g/mol. The second kappa shape index (κ2) is 3.98. The predicted molar refractivity (Wildman–Crippen MR) is 64.1 cm³/mol. The Kier molecular flexibility index (Phi) is 2.89. The van der Waals surface area contributed by atoms with E-state index >= 15 is 0 Å². The Labute approximate surface area is 102 Å². The van der Waals surface area contributed by atoms with E-state index in [4.69, 9.17) is 0 Å². The van der Waals surface area contributed by atoms with Gasteiger partial charge in [-0.2, -0.15) is 13.2 Å². The van der Waals surface area contributed by atoms with Crippen molar-refractivity contribution in [3.63, 3.8) is 0 Å². The van der Waals surface area contributed by atoms with Crippen LogP contribution in [0.2, 0.25) is 0 Å². The molecular formula is C12H12F3NS. The van der Waals surface area contributed by atoms with Crippen molar-refractivity contribution in [2.45, 2.75) is 24.9 Å². The van der Waals surface area contributed by atoms with Crippen LogP contribution in [-0.4, -0.2) is 7.05 Å². The van der Waals surface area contributed by atoms with Gasteiger partial charge in [-0.25, -0.2) is 0 Å². The zero-order valence-electron chi connectivity index (χ0n) is 9.72. The Morgan fingerprint density at radius 2 is 1.88 bits per heavy atom. The molecule has 2 rings (SSSR count). The normalized spacial score (nSPS) is 15.2. The van der Waals surface area contributed by atoms with Gasteiger partial charge in [0.15, 0.2) is 0 Å². The molecule has 0 aliphatic carbocycles. The molecule has 0 N–H and O–H groups in total. The van der Waals surface area contributed by atoms with Gasteiger partial charge in [0.2, 0.25) is 0 Å². The Morgan fingerprint density at radius 1 is 1.24 bits per heavy atom. The van der Waals surface area contributed by atoms with Crippen LogP contribution in [0, 0.1) is 0 Å². The van der Waals surface area contributed by atoms with E-state index in [9.17, 15) is 13.2 Å². The summed E-state index contributed by atoms with van der Waals surface area (Å²) >= 11 is 1.19. The fourth-order valence-corrected chi connectivity index (χ4v) is 3.07. The van der Waals surface area contributed by atoms with Gasteiger partial charge in [0.1, 0.15) is 0 Å². The molecule has 0 saturated carbocycles. The molecule has 1 aromatic rings. The molecule has 0 bridgehead atoms. The van der Waals surface area contributed by atoms with Gasteiger partial charge in [0, 0.05) is 11.9 Å². The van der Waals surface area contributed by atoms with E-state index in [1.54, 1.807) is 13.1 Å². The van der Waals surface area contributed by atoms with Crippen molar-refractivity contribution in [3.8, 4) is 0 Å². The first-order valence-electron chi connectivity index (χ1n) is 5.11. The number of benzene rings is 1. The molecule has 17 heavy (non-hydrogen) atoms. The van der Waals surface area contributed by atoms with Gasteiger partial charge in [0.05, 0.1) is 16.3 Å². The lowest BCUT2D eigenvalue weighted by atomic mass is 10.2. The first-order chi connectivity index (χ1) is 7.82. The molecule has 0 fully saturated rings. The van der Waals surface area contributed by atoms with Crippen LogP contribution in [-0.2, 0) is 6.18 Å². The van der Waals surface area contributed by atoms with E-state index < -0.39 is 11.7 Å². The van der Waals surface area contributed by atoms with Crippen LogP contribution in [0.4, 0.5) is 18.9 Å². The Balaban J connectivity index is 2.59. The standard InChI is InChI=1S/C12H12F3NS/c1-7(2)11-16(3)9-6-4-5-8(10(9)17-11)12(13,14)15/h4-6H,1-3H3. The van der Waals surface area contributed by atoms with E-state index in [1.165, 1.54) is 17.8 Å². The molecule has 0 aromatic heterocycles. The summed E-state index contributed by atoms with van der Waals surface area (Å²) in [5, 5.41) is 0.872. The lowest BCUT2D eigenvalue weighted by molar-refractivity contribution is -0.139. The number of fused-ring (bicyclic) bond motifs is 1. The highest BCUT2D eigenvalue weighted by Gasteiger charge is 2.38. The Bertz CT molecular complexity index is 487. The molecule has 5 heteroatoms. The molecule has 0 unspecified atom stereocenters. The molecular weight excluding hydrogens is 247 g/mol. The highest BCUT2D eigenvalue weighted by Crippen LogP contribution is 2.51. The highest BCUT2D eigenvalue weighted by atomic mass is 32.2. The third-order valence-electron chi connectivity index (χ3n) is 2.59. The summed E-state index contributed by atoms with van der Waals surface area (Å²) in [6.07, 6.45) is -4.30. The number of alkyl halides is 3. The van der Waals surface area contributed by atoms with Crippen molar-refractivity contribution in [2.24, 2.45) is 0 Å². The van der Waals surface area contributed by atoms with Crippen LogP contribution in [0.15, 0.2) is 33.7 Å². The summed E-state index contributed by atoms with van der Waals surface area (Å²) in [7, 11) is 1.79. The topological polar surface area (TPSA) is 3.24 Å². The van der Waals surface area contributed by atoms with E-state index in [1.807, 2.05) is 18.7 Å². The van der Waals surface area contributed by atoms with Crippen molar-refractivity contribution < 1.29 is 13.2 Å². The maximum Gasteiger partial charge on any atom is 0.417 e. The third-order valence-corrected chi connectivity index (χ3v) is 4.10. The van der Waals surface area contributed by atoms with E-state index in [-0.39, 0.29) is 0 Å². The van der Waals surface area contributed by atoms with Gasteiger partial charge in [-0.05, 0) is 31.6 Å². The smallest absolute Gasteiger partial charge is 0.338 e. The van der Waals surface area contributed by atoms with Crippen LogP contribution in [0.1, 0.15) is 19.4 Å². The zero-order chi connectivity index (χ0) is 12.8. The van der Waals surface area contributed by atoms with Crippen molar-refractivity contribution in [2.75, 3.05) is 11.9 Å². The largest absolute Gasteiger partial charge is 0.417 e. The van der Waals surface area contributed by atoms with Crippen molar-refractivity contribution in [3.05, 3.63) is 34.4 Å². The Hall–Kier alpha value is -1.10. The highest BCUT2D eigenvalue weighted by molar-refractivity contribution is 8.03. The third kappa shape index (κ3) is 2.04. The summed E-state index contributed by atoms with van der Waals surface area (Å²) in [5.41, 5.74) is 1.09. The van der Waals surface area contributed by atoms with E-state index in [2.05, 4.69) is 0 Å². The van der Waals surface area contributed by atoms with Crippen LogP contribution in [0.5, 0.6) is 0 Å². The minimum absolute atomic E-state index is 0.304. The average Bonchev–Trinajstić information content (AvgIpc) is 2.55. The summed E-state index contributed by atoms with van der Waals surface area (Å²) in [6, 6.07) is 4.30. The summed E-state index contributed by atoms with van der Waals surface area (Å²) < 4.78 is 38.6. The molecule has 1 heterocycles. The van der Waals surface area contributed by atoms with Crippen molar-refractivity contribution in [1.82, 2.24) is 0 Å². The summed E-state index contributed by atoms with van der Waals surface area (Å²) in [5.74, 6) is 0. The molecule has 0 saturated heterocycles. The van der Waals surface area contributed by atoms with Crippen LogP contribution < -0.4 is 4.90 Å². The summed E-state index contributed by atoms with van der Waals surface area (Å²) in [6.45, 7) is 3.80. The number of allylic oxidation sites excluding steroid dienone is 1. The maximum atomic E-state index is 12.9.